The van der Waals surface area contributed by atoms with Gasteiger partial charge in [-0.2, -0.15) is 0 Å². The maximum absolute atomic E-state index is 12.2. The maximum Gasteiger partial charge on any atom is 0.238 e. The summed E-state index contributed by atoms with van der Waals surface area (Å²) in [6.07, 6.45) is 3.76. The van der Waals surface area contributed by atoms with Gasteiger partial charge in [0.15, 0.2) is 0 Å². The molecule has 1 saturated heterocycles. The minimum absolute atomic E-state index is 0.00584. The number of carbonyl (C=O) groups excluding carboxylic acids is 1. The Balaban J connectivity index is 1.49. The molecule has 0 spiro atoms. The van der Waals surface area contributed by atoms with Gasteiger partial charge in [-0.15, -0.1) is 0 Å². The predicted molar refractivity (Wildman–Crippen MR) is 93.5 cm³/mol. The van der Waals surface area contributed by atoms with Crippen LogP contribution in [-0.2, 0) is 11.8 Å². The Morgan fingerprint density at radius 2 is 2.08 bits per heavy atom. The van der Waals surface area contributed by atoms with Crippen molar-refractivity contribution in [2.45, 2.75) is 0 Å². The summed E-state index contributed by atoms with van der Waals surface area (Å²) in [7, 11) is 3.61. The number of anilines is 2. The monoisotopic (exact) mass is 329 g/mol. The van der Waals surface area contributed by atoms with Gasteiger partial charge >= 0.3 is 0 Å². The highest BCUT2D eigenvalue weighted by Gasteiger charge is 2.21. The van der Waals surface area contributed by atoms with E-state index in [-0.39, 0.29) is 5.91 Å². The van der Waals surface area contributed by atoms with Crippen molar-refractivity contribution in [1.29, 1.82) is 0 Å². The van der Waals surface area contributed by atoms with Crippen molar-refractivity contribution in [1.82, 2.24) is 14.5 Å². The molecule has 3 rings (SSSR count). The lowest BCUT2D eigenvalue weighted by molar-refractivity contribution is -0.117. The number of aryl methyl sites for hydroxylation is 1. The van der Waals surface area contributed by atoms with Gasteiger partial charge in [-0.05, 0) is 12.1 Å². The number of piperazine rings is 1. The van der Waals surface area contributed by atoms with Crippen LogP contribution >= 0.6 is 0 Å². The second kappa shape index (κ2) is 7.35. The van der Waals surface area contributed by atoms with E-state index in [1.807, 2.05) is 48.3 Å². The minimum Gasteiger partial charge on any atom is -0.497 e. The van der Waals surface area contributed by atoms with E-state index in [0.717, 1.165) is 43.6 Å². The van der Waals surface area contributed by atoms with Crippen LogP contribution in [0.1, 0.15) is 0 Å². The molecule has 2 aromatic rings. The number of benzene rings is 1. The maximum atomic E-state index is 12.2. The number of hydrogen-bond donors (Lipinski definition) is 1. The van der Waals surface area contributed by atoms with Gasteiger partial charge in [-0.1, -0.05) is 6.07 Å². The molecule has 24 heavy (non-hydrogen) atoms. The first-order chi connectivity index (χ1) is 11.7. The average molecular weight is 329 g/mol. The molecular weight excluding hydrogens is 306 g/mol. The van der Waals surface area contributed by atoms with E-state index in [9.17, 15) is 4.79 Å². The highest BCUT2D eigenvalue weighted by atomic mass is 16.5. The number of nitrogens with one attached hydrogen (secondary N) is 1. The highest BCUT2D eigenvalue weighted by Crippen LogP contribution is 2.17. The van der Waals surface area contributed by atoms with Crippen LogP contribution in [0.2, 0.25) is 0 Å². The van der Waals surface area contributed by atoms with Crippen molar-refractivity contribution in [3.8, 4) is 5.75 Å². The molecule has 1 aromatic carbocycles. The quantitative estimate of drug-likeness (QED) is 0.893. The van der Waals surface area contributed by atoms with E-state index in [1.54, 1.807) is 7.11 Å². The fourth-order valence-electron chi connectivity index (χ4n) is 2.87. The van der Waals surface area contributed by atoms with Crippen LogP contribution in [-0.4, -0.2) is 60.2 Å². The summed E-state index contributed by atoms with van der Waals surface area (Å²) in [5.41, 5.74) is 0.756. The van der Waals surface area contributed by atoms with Crippen molar-refractivity contribution in [2.24, 2.45) is 7.05 Å². The van der Waals surface area contributed by atoms with Gasteiger partial charge in [0.05, 0.1) is 13.7 Å². The van der Waals surface area contributed by atoms with E-state index in [1.165, 1.54) is 0 Å². The van der Waals surface area contributed by atoms with E-state index in [2.05, 4.69) is 20.1 Å². The molecular formula is C17H23N5O2. The van der Waals surface area contributed by atoms with Gasteiger partial charge in [-0.25, -0.2) is 4.98 Å². The number of nitrogens with zero attached hydrogens (tertiary/aromatic N) is 4. The molecule has 7 heteroatoms. The van der Waals surface area contributed by atoms with Gasteiger partial charge in [0.2, 0.25) is 11.9 Å². The van der Waals surface area contributed by atoms with Crippen molar-refractivity contribution >= 4 is 17.5 Å². The molecule has 0 aliphatic carbocycles. The summed E-state index contributed by atoms with van der Waals surface area (Å²) >= 11 is 0. The van der Waals surface area contributed by atoms with E-state index in [0.29, 0.717) is 6.54 Å². The van der Waals surface area contributed by atoms with Crippen molar-refractivity contribution in [3.05, 3.63) is 36.7 Å². The summed E-state index contributed by atoms with van der Waals surface area (Å²) in [6.45, 7) is 3.83. The molecule has 0 saturated carbocycles. The summed E-state index contributed by atoms with van der Waals surface area (Å²) in [4.78, 5) is 21.0. The number of methoxy groups -OCH3 is 1. The number of imidazole rings is 1. The normalized spacial score (nSPS) is 15.3. The van der Waals surface area contributed by atoms with Gasteiger partial charge in [-0.3, -0.25) is 9.69 Å². The minimum atomic E-state index is -0.00584. The third-order valence-corrected chi connectivity index (χ3v) is 4.17. The second-order valence-electron chi connectivity index (χ2n) is 5.88. The Kier molecular flexibility index (Phi) is 5.00. The summed E-state index contributed by atoms with van der Waals surface area (Å²) in [5.74, 6) is 1.71. The predicted octanol–water partition coefficient (Wildman–Crippen LogP) is 1.19. The highest BCUT2D eigenvalue weighted by molar-refractivity contribution is 5.92. The number of hydrogen-bond acceptors (Lipinski definition) is 5. The molecule has 0 bridgehead atoms. The number of amides is 1. The van der Waals surface area contributed by atoms with Gasteiger partial charge < -0.3 is 19.5 Å². The molecule has 1 fully saturated rings. The van der Waals surface area contributed by atoms with E-state index >= 15 is 0 Å². The molecule has 7 nitrogen and oxygen atoms in total. The Morgan fingerprint density at radius 1 is 1.29 bits per heavy atom. The van der Waals surface area contributed by atoms with Crippen molar-refractivity contribution in [2.75, 3.05) is 50.1 Å². The first-order valence-corrected chi connectivity index (χ1v) is 8.04. The number of aromatic nitrogens is 2. The SMILES string of the molecule is COc1cccc(NC(=O)CN2CCN(c3nccn3C)CC2)c1. The van der Waals surface area contributed by atoms with E-state index in [4.69, 9.17) is 4.74 Å². The number of rotatable bonds is 5. The zero-order valence-corrected chi connectivity index (χ0v) is 14.1. The third-order valence-electron chi connectivity index (χ3n) is 4.17. The molecule has 1 aromatic heterocycles. The lowest BCUT2D eigenvalue weighted by Crippen LogP contribution is -2.49. The summed E-state index contributed by atoms with van der Waals surface area (Å²) in [5, 5.41) is 2.92. The molecule has 0 atom stereocenters. The molecule has 1 aliphatic heterocycles. The van der Waals surface area contributed by atoms with Crippen LogP contribution in [0.3, 0.4) is 0 Å². The zero-order chi connectivity index (χ0) is 16.9. The topological polar surface area (TPSA) is 62.6 Å². The fourth-order valence-corrected chi connectivity index (χ4v) is 2.87. The Morgan fingerprint density at radius 3 is 2.75 bits per heavy atom. The lowest BCUT2D eigenvalue weighted by atomic mass is 10.3. The van der Waals surface area contributed by atoms with Crippen LogP contribution in [0.4, 0.5) is 11.6 Å². The van der Waals surface area contributed by atoms with Gasteiger partial charge in [0, 0.05) is 57.4 Å². The first-order valence-electron chi connectivity index (χ1n) is 8.04. The zero-order valence-electron chi connectivity index (χ0n) is 14.1. The molecule has 2 heterocycles. The Hall–Kier alpha value is -2.54. The summed E-state index contributed by atoms with van der Waals surface area (Å²) in [6, 6.07) is 7.39. The standard InChI is InChI=1S/C17H23N5O2/c1-20-7-6-18-17(20)22-10-8-21(9-11-22)13-16(23)19-14-4-3-5-15(12-14)24-2/h3-7,12H,8-11,13H2,1-2H3,(H,19,23). The lowest BCUT2D eigenvalue weighted by Gasteiger charge is -2.34. The molecule has 0 unspecified atom stereocenters. The van der Waals surface area contributed by atoms with Crippen LogP contribution in [0.5, 0.6) is 5.75 Å². The first kappa shape index (κ1) is 16.3. The molecule has 1 amide bonds. The largest absolute Gasteiger partial charge is 0.497 e. The van der Waals surface area contributed by atoms with Crippen molar-refractivity contribution in [3.63, 3.8) is 0 Å². The molecule has 0 radical (unpaired) electrons. The van der Waals surface area contributed by atoms with Crippen LogP contribution in [0, 0.1) is 0 Å². The van der Waals surface area contributed by atoms with Gasteiger partial charge in [0.25, 0.3) is 0 Å². The van der Waals surface area contributed by atoms with Crippen molar-refractivity contribution < 1.29 is 9.53 Å². The number of ether oxygens (including phenoxy) is 1. The Bertz CT molecular complexity index is 692. The van der Waals surface area contributed by atoms with Crippen LogP contribution < -0.4 is 15.0 Å². The Labute approximate surface area is 141 Å². The molecule has 1 aliphatic rings. The van der Waals surface area contributed by atoms with Crippen LogP contribution in [0.25, 0.3) is 0 Å². The molecule has 1 N–H and O–H groups in total. The van der Waals surface area contributed by atoms with Crippen LogP contribution in [0.15, 0.2) is 36.7 Å². The number of carbonyl (C=O) groups is 1. The second-order valence-corrected chi connectivity index (χ2v) is 5.88. The fraction of sp³-hybridized carbons (Fsp3) is 0.412. The van der Waals surface area contributed by atoms with Gasteiger partial charge in [0.1, 0.15) is 5.75 Å². The summed E-state index contributed by atoms with van der Waals surface area (Å²) < 4.78 is 7.19. The average Bonchev–Trinajstić information content (AvgIpc) is 3.01. The third kappa shape index (κ3) is 3.86. The smallest absolute Gasteiger partial charge is 0.238 e. The molecule has 128 valence electrons. The van der Waals surface area contributed by atoms with E-state index < -0.39 is 0 Å².